The van der Waals surface area contributed by atoms with Gasteiger partial charge in [0.2, 0.25) is 0 Å². The summed E-state index contributed by atoms with van der Waals surface area (Å²) in [4.78, 5) is 3.79. The summed E-state index contributed by atoms with van der Waals surface area (Å²) in [7, 11) is 0. The second-order valence-corrected chi connectivity index (χ2v) is 6.02. The Kier molecular flexibility index (Phi) is 5.87. The van der Waals surface area contributed by atoms with Gasteiger partial charge in [-0.1, -0.05) is 26.1 Å². The number of hydrogen-bond acceptors (Lipinski definition) is 3. The summed E-state index contributed by atoms with van der Waals surface area (Å²) in [6.45, 7) is 12.6. The topological polar surface area (TPSA) is 15.3 Å². The summed E-state index contributed by atoms with van der Waals surface area (Å²) in [6.07, 6.45) is 2.26. The smallest absolute Gasteiger partial charge is 0.0396 e. The molecular formula is C13H26N2S. The molecule has 1 N–H and O–H groups in total. The molecule has 0 radical (unpaired) electrons. The van der Waals surface area contributed by atoms with Gasteiger partial charge in [0.05, 0.1) is 0 Å². The van der Waals surface area contributed by atoms with Crippen LogP contribution in [0.4, 0.5) is 0 Å². The molecule has 1 fully saturated rings. The Hall–Kier alpha value is 0.01000. The van der Waals surface area contributed by atoms with E-state index in [1.54, 1.807) is 0 Å². The molecule has 0 aliphatic carbocycles. The van der Waals surface area contributed by atoms with Crippen LogP contribution >= 0.6 is 12.2 Å². The zero-order valence-electron chi connectivity index (χ0n) is 11.1. The Morgan fingerprint density at radius 3 is 2.50 bits per heavy atom. The summed E-state index contributed by atoms with van der Waals surface area (Å²) in [5, 5.41) is 3.49. The fraction of sp³-hybridized carbons (Fsp3) is 0.923. The first-order chi connectivity index (χ1) is 7.50. The Morgan fingerprint density at radius 1 is 1.38 bits per heavy atom. The number of hydrogen-bond donors (Lipinski definition) is 1. The second-order valence-electron chi connectivity index (χ2n) is 5.49. The van der Waals surface area contributed by atoms with E-state index in [2.05, 4.69) is 37.9 Å². The van der Waals surface area contributed by atoms with E-state index in [1.807, 2.05) is 0 Å². The van der Waals surface area contributed by atoms with Gasteiger partial charge in [-0.15, -0.1) is 0 Å². The lowest BCUT2D eigenvalue weighted by atomic mass is 10.1. The van der Waals surface area contributed by atoms with E-state index in [1.165, 1.54) is 17.8 Å². The third kappa shape index (κ3) is 4.48. The van der Waals surface area contributed by atoms with Gasteiger partial charge in [-0.3, -0.25) is 0 Å². The molecule has 0 amide bonds. The van der Waals surface area contributed by atoms with Gasteiger partial charge in [0, 0.05) is 36.6 Å². The number of thiocarbonyl (C=S) groups is 1. The van der Waals surface area contributed by atoms with E-state index in [-0.39, 0.29) is 0 Å². The molecule has 1 rings (SSSR count). The fourth-order valence-corrected chi connectivity index (χ4v) is 2.55. The van der Waals surface area contributed by atoms with Crippen molar-refractivity contribution in [1.29, 1.82) is 0 Å². The molecule has 94 valence electrons. The molecule has 16 heavy (non-hydrogen) atoms. The van der Waals surface area contributed by atoms with Crippen molar-refractivity contribution in [3.05, 3.63) is 0 Å². The fourth-order valence-electron chi connectivity index (χ4n) is 2.24. The van der Waals surface area contributed by atoms with E-state index in [9.17, 15) is 0 Å². The predicted octanol–water partition coefficient (Wildman–Crippen LogP) is 2.47. The first kappa shape index (κ1) is 14.1. The summed E-state index contributed by atoms with van der Waals surface area (Å²) >= 11 is 5.36. The van der Waals surface area contributed by atoms with Gasteiger partial charge in [0.1, 0.15) is 0 Å². The summed E-state index contributed by atoms with van der Waals surface area (Å²) in [5.41, 5.74) is 0. The van der Waals surface area contributed by atoms with E-state index in [4.69, 9.17) is 12.2 Å². The third-order valence-electron chi connectivity index (χ3n) is 3.19. The highest BCUT2D eigenvalue weighted by Crippen LogP contribution is 2.11. The van der Waals surface area contributed by atoms with Crippen LogP contribution < -0.4 is 5.32 Å². The Bertz CT molecular complexity index is 226. The van der Waals surface area contributed by atoms with Crippen LogP contribution in [0.1, 0.15) is 40.5 Å². The molecule has 3 heteroatoms. The molecule has 0 spiro atoms. The van der Waals surface area contributed by atoms with Crippen LogP contribution in [0.5, 0.6) is 0 Å². The lowest BCUT2D eigenvalue weighted by molar-refractivity contribution is 0.193. The lowest BCUT2D eigenvalue weighted by Crippen LogP contribution is -2.38. The maximum atomic E-state index is 5.36. The average Bonchev–Trinajstić information content (AvgIpc) is 2.57. The maximum Gasteiger partial charge on any atom is 0.0396 e. The zero-order chi connectivity index (χ0) is 12.1. The molecule has 1 saturated heterocycles. The predicted molar refractivity (Wildman–Crippen MR) is 75.2 cm³/mol. The first-order valence-corrected chi connectivity index (χ1v) is 6.91. The molecule has 1 unspecified atom stereocenters. The molecule has 0 aromatic carbocycles. The van der Waals surface area contributed by atoms with Crippen LogP contribution in [0.2, 0.25) is 0 Å². The average molecular weight is 242 g/mol. The highest BCUT2D eigenvalue weighted by molar-refractivity contribution is 7.80. The van der Waals surface area contributed by atoms with Crippen LogP contribution in [0, 0.1) is 5.92 Å². The van der Waals surface area contributed by atoms with Gasteiger partial charge >= 0.3 is 0 Å². The van der Waals surface area contributed by atoms with Crippen molar-refractivity contribution in [2.24, 2.45) is 5.92 Å². The Balaban J connectivity index is 2.34. The molecule has 1 aliphatic heterocycles. The van der Waals surface area contributed by atoms with Gasteiger partial charge in [0.15, 0.2) is 0 Å². The zero-order valence-corrected chi connectivity index (χ0v) is 11.9. The largest absolute Gasteiger partial charge is 0.309 e. The standard InChI is InChI=1S/C13H26N2S/c1-10(2)9-15(11(3)4)8-6-12-13(16)5-7-14-12/h10-12,14H,5-9H2,1-4H3. The van der Waals surface area contributed by atoms with E-state index in [0.29, 0.717) is 12.1 Å². The lowest BCUT2D eigenvalue weighted by Gasteiger charge is -2.29. The quantitative estimate of drug-likeness (QED) is 0.720. The Morgan fingerprint density at radius 2 is 2.06 bits per heavy atom. The summed E-state index contributed by atoms with van der Waals surface area (Å²) < 4.78 is 0. The normalized spacial score (nSPS) is 21.7. The van der Waals surface area contributed by atoms with Gasteiger partial charge < -0.3 is 10.2 Å². The molecule has 1 heterocycles. The van der Waals surface area contributed by atoms with Crippen LogP contribution in [0.25, 0.3) is 0 Å². The SMILES string of the molecule is CC(C)CN(CCC1NCCC1=S)C(C)C. The van der Waals surface area contributed by atoms with Crippen molar-refractivity contribution in [1.82, 2.24) is 10.2 Å². The van der Waals surface area contributed by atoms with Crippen LogP contribution in [-0.4, -0.2) is 41.5 Å². The molecule has 0 aromatic heterocycles. The van der Waals surface area contributed by atoms with Crippen molar-refractivity contribution in [3.8, 4) is 0 Å². The van der Waals surface area contributed by atoms with Crippen molar-refractivity contribution in [2.45, 2.75) is 52.6 Å². The monoisotopic (exact) mass is 242 g/mol. The highest BCUT2D eigenvalue weighted by atomic mass is 32.1. The van der Waals surface area contributed by atoms with Crippen molar-refractivity contribution in [2.75, 3.05) is 19.6 Å². The van der Waals surface area contributed by atoms with Gasteiger partial charge in [0.25, 0.3) is 0 Å². The van der Waals surface area contributed by atoms with Crippen LogP contribution in [-0.2, 0) is 0 Å². The second kappa shape index (κ2) is 6.67. The van der Waals surface area contributed by atoms with Crippen molar-refractivity contribution < 1.29 is 0 Å². The van der Waals surface area contributed by atoms with Gasteiger partial charge in [-0.05, 0) is 32.6 Å². The number of nitrogens with one attached hydrogen (secondary N) is 1. The van der Waals surface area contributed by atoms with Crippen LogP contribution in [0.15, 0.2) is 0 Å². The van der Waals surface area contributed by atoms with E-state index < -0.39 is 0 Å². The molecule has 1 atom stereocenters. The summed E-state index contributed by atoms with van der Waals surface area (Å²) in [6, 6.07) is 1.13. The first-order valence-electron chi connectivity index (χ1n) is 6.51. The molecule has 0 bridgehead atoms. The maximum absolute atomic E-state index is 5.36. The Labute approximate surface area is 106 Å². The van der Waals surface area contributed by atoms with E-state index >= 15 is 0 Å². The van der Waals surface area contributed by atoms with E-state index in [0.717, 1.165) is 25.4 Å². The molecule has 2 nitrogen and oxygen atoms in total. The van der Waals surface area contributed by atoms with Gasteiger partial charge in [-0.25, -0.2) is 0 Å². The molecule has 1 aliphatic rings. The minimum Gasteiger partial charge on any atom is -0.309 e. The number of nitrogens with zero attached hydrogens (tertiary/aromatic N) is 1. The number of rotatable bonds is 6. The molecule has 0 aromatic rings. The molecular weight excluding hydrogens is 216 g/mol. The highest BCUT2D eigenvalue weighted by Gasteiger charge is 2.21. The van der Waals surface area contributed by atoms with Crippen LogP contribution in [0.3, 0.4) is 0 Å². The third-order valence-corrected chi connectivity index (χ3v) is 3.67. The van der Waals surface area contributed by atoms with Crippen molar-refractivity contribution >= 4 is 17.1 Å². The summed E-state index contributed by atoms with van der Waals surface area (Å²) in [5.74, 6) is 0.742. The minimum absolute atomic E-state index is 0.489. The van der Waals surface area contributed by atoms with Gasteiger partial charge in [-0.2, -0.15) is 0 Å². The molecule has 0 saturated carbocycles. The van der Waals surface area contributed by atoms with Crippen molar-refractivity contribution in [3.63, 3.8) is 0 Å². The minimum atomic E-state index is 0.489.